The van der Waals surface area contributed by atoms with E-state index in [1.807, 2.05) is 0 Å². The molecule has 2 rings (SSSR count). The number of hydrogen-bond acceptors (Lipinski definition) is 3. The maximum Gasteiger partial charge on any atom is 0.255 e. The first-order valence-corrected chi connectivity index (χ1v) is 7.46. The van der Waals surface area contributed by atoms with Crippen molar-refractivity contribution in [2.45, 2.75) is 38.7 Å². The summed E-state index contributed by atoms with van der Waals surface area (Å²) in [7, 11) is 0. The normalized spacial score (nSPS) is 18.1. The van der Waals surface area contributed by atoms with E-state index < -0.39 is 36.4 Å². The lowest BCUT2D eigenvalue weighted by atomic mass is 10.00. The van der Waals surface area contributed by atoms with E-state index in [0.717, 1.165) is 12.8 Å². The summed E-state index contributed by atoms with van der Waals surface area (Å²) in [5.74, 6) is -1.02. The van der Waals surface area contributed by atoms with Gasteiger partial charge in [-0.1, -0.05) is 0 Å². The Morgan fingerprint density at radius 3 is 2.78 bits per heavy atom. The fourth-order valence-corrected chi connectivity index (χ4v) is 2.71. The minimum atomic E-state index is -2.64. The van der Waals surface area contributed by atoms with Crippen molar-refractivity contribution in [3.63, 3.8) is 0 Å². The zero-order valence-electron chi connectivity index (χ0n) is 12.8. The number of H-pyrrole nitrogens is 1. The quantitative estimate of drug-likeness (QED) is 0.867. The van der Waals surface area contributed by atoms with Gasteiger partial charge in [0, 0.05) is 23.9 Å². The summed E-state index contributed by atoms with van der Waals surface area (Å²) in [4.78, 5) is 40.1. The fourth-order valence-electron chi connectivity index (χ4n) is 2.71. The fraction of sp³-hybridized carbons (Fsp3) is 0.533. The van der Waals surface area contributed by atoms with Crippen LogP contribution in [0.3, 0.4) is 0 Å². The van der Waals surface area contributed by atoms with Gasteiger partial charge >= 0.3 is 0 Å². The molecule has 0 saturated carbocycles. The van der Waals surface area contributed by atoms with Crippen LogP contribution in [0.15, 0.2) is 16.9 Å². The lowest BCUT2D eigenvalue weighted by Crippen LogP contribution is -2.52. The molecule has 1 fully saturated rings. The van der Waals surface area contributed by atoms with Crippen LogP contribution in [0.1, 0.15) is 35.3 Å². The first-order valence-electron chi connectivity index (χ1n) is 7.46. The number of aromatic amines is 1. The van der Waals surface area contributed by atoms with Gasteiger partial charge in [-0.3, -0.25) is 14.4 Å². The predicted molar refractivity (Wildman–Crippen MR) is 79.5 cm³/mol. The summed E-state index contributed by atoms with van der Waals surface area (Å²) >= 11 is 0. The lowest BCUT2D eigenvalue weighted by molar-refractivity contribution is -0.127. The van der Waals surface area contributed by atoms with Crippen LogP contribution in [-0.2, 0) is 4.79 Å². The largest absolute Gasteiger partial charge is 0.349 e. The molecular formula is C15H19F2N3O3. The van der Waals surface area contributed by atoms with Gasteiger partial charge in [-0.15, -0.1) is 0 Å². The average molecular weight is 327 g/mol. The number of halogens is 2. The molecule has 0 unspecified atom stereocenters. The zero-order chi connectivity index (χ0) is 17.0. The SMILES string of the molecule is Cc1cc(C(=O)N2CCCC[C@H]2C(=O)NCC(F)F)cc(=O)[nH]1. The second kappa shape index (κ2) is 7.34. The third kappa shape index (κ3) is 4.37. The summed E-state index contributed by atoms with van der Waals surface area (Å²) in [6, 6.07) is 1.93. The number of aromatic nitrogens is 1. The molecule has 2 heterocycles. The van der Waals surface area contributed by atoms with Crippen molar-refractivity contribution < 1.29 is 18.4 Å². The number of nitrogens with one attached hydrogen (secondary N) is 2. The highest BCUT2D eigenvalue weighted by molar-refractivity contribution is 5.97. The lowest BCUT2D eigenvalue weighted by Gasteiger charge is -2.34. The van der Waals surface area contributed by atoms with Gasteiger partial charge in [0.25, 0.3) is 12.3 Å². The van der Waals surface area contributed by atoms with E-state index in [4.69, 9.17) is 0 Å². The van der Waals surface area contributed by atoms with E-state index in [0.29, 0.717) is 18.7 Å². The molecule has 8 heteroatoms. The molecule has 1 aliphatic heterocycles. The van der Waals surface area contributed by atoms with E-state index in [9.17, 15) is 23.2 Å². The monoisotopic (exact) mass is 327 g/mol. The molecule has 2 N–H and O–H groups in total. The van der Waals surface area contributed by atoms with E-state index in [-0.39, 0.29) is 5.56 Å². The van der Waals surface area contributed by atoms with Crippen LogP contribution in [0.5, 0.6) is 0 Å². The van der Waals surface area contributed by atoms with Crippen molar-refractivity contribution in [1.29, 1.82) is 0 Å². The van der Waals surface area contributed by atoms with Crippen LogP contribution < -0.4 is 10.9 Å². The Morgan fingerprint density at radius 1 is 1.39 bits per heavy atom. The Kier molecular flexibility index (Phi) is 5.46. The van der Waals surface area contributed by atoms with Crippen LogP contribution in [0.25, 0.3) is 0 Å². The first-order chi connectivity index (χ1) is 10.9. The standard InChI is InChI=1S/C15H19F2N3O3/c1-9-6-10(7-13(21)19-9)15(23)20-5-3-2-4-11(20)14(22)18-8-12(16)17/h6-7,11-12H,2-5,8H2,1H3,(H,18,22)(H,19,21)/t11-/m0/s1. The molecule has 0 bridgehead atoms. The predicted octanol–water partition coefficient (Wildman–Crippen LogP) is 1.06. The van der Waals surface area contributed by atoms with Gasteiger partial charge in [0.1, 0.15) is 6.04 Å². The molecule has 1 aromatic heterocycles. The number of nitrogens with zero attached hydrogens (tertiary/aromatic N) is 1. The number of piperidine rings is 1. The second-order valence-corrected chi connectivity index (χ2v) is 5.56. The van der Waals surface area contributed by atoms with Gasteiger partial charge in [-0.05, 0) is 32.3 Å². The Bertz CT molecular complexity index is 645. The molecular weight excluding hydrogens is 308 g/mol. The molecule has 1 aromatic rings. The summed E-state index contributed by atoms with van der Waals surface area (Å²) in [5.41, 5.74) is 0.334. The third-order valence-electron chi connectivity index (χ3n) is 3.72. The highest BCUT2D eigenvalue weighted by atomic mass is 19.3. The van der Waals surface area contributed by atoms with E-state index >= 15 is 0 Å². The maximum atomic E-state index is 12.6. The van der Waals surface area contributed by atoms with Gasteiger partial charge < -0.3 is 15.2 Å². The number of carbonyl (C=O) groups excluding carboxylic acids is 2. The number of amides is 2. The molecule has 1 aliphatic rings. The van der Waals surface area contributed by atoms with Crippen molar-refractivity contribution in [3.8, 4) is 0 Å². The van der Waals surface area contributed by atoms with Gasteiger partial charge in [0.05, 0.1) is 6.54 Å². The van der Waals surface area contributed by atoms with Crippen molar-refractivity contribution in [1.82, 2.24) is 15.2 Å². The smallest absolute Gasteiger partial charge is 0.255 e. The maximum absolute atomic E-state index is 12.6. The van der Waals surface area contributed by atoms with Crippen molar-refractivity contribution in [2.24, 2.45) is 0 Å². The zero-order valence-corrected chi connectivity index (χ0v) is 12.8. The number of carbonyl (C=O) groups is 2. The first kappa shape index (κ1) is 17.1. The minimum Gasteiger partial charge on any atom is -0.349 e. The second-order valence-electron chi connectivity index (χ2n) is 5.56. The van der Waals surface area contributed by atoms with Crippen LogP contribution in [0.4, 0.5) is 8.78 Å². The number of pyridine rings is 1. The number of hydrogen-bond donors (Lipinski definition) is 2. The molecule has 2 amide bonds. The van der Waals surface area contributed by atoms with Gasteiger partial charge in [0.2, 0.25) is 11.5 Å². The van der Waals surface area contributed by atoms with Crippen molar-refractivity contribution in [2.75, 3.05) is 13.1 Å². The van der Waals surface area contributed by atoms with Gasteiger partial charge in [0.15, 0.2) is 0 Å². The van der Waals surface area contributed by atoms with E-state index in [1.165, 1.54) is 17.0 Å². The third-order valence-corrected chi connectivity index (χ3v) is 3.72. The molecule has 23 heavy (non-hydrogen) atoms. The highest BCUT2D eigenvalue weighted by Gasteiger charge is 2.33. The summed E-state index contributed by atoms with van der Waals surface area (Å²) in [6.07, 6.45) is -0.748. The minimum absolute atomic E-state index is 0.194. The molecule has 126 valence electrons. The van der Waals surface area contributed by atoms with Crippen LogP contribution in [-0.4, -0.2) is 47.3 Å². The number of likely N-dealkylation sites (tertiary alicyclic amines) is 1. The molecule has 1 saturated heterocycles. The molecule has 0 spiro atoms. The molecule has 6 nitrogen and oxygen atoms in total. The van der Waals surface area contributed by atoms with Crippen LogP contribution in [0.2, 0.25) is 0 Å². The van der Waals surface area contributed by atoms with Crippen LogP contribution >= 0.6 is 0 Å². The number of alkyl halides is 2. The Labute approximate surface area is 131 Å². The summed E-state index contributed by atoms with van der Waals surface area (Å²) in [6.45, 7) is 1.28. The Morgan fingerprint density at radius 2 is 2.13 bits per heavy atom. The average Bonchev–Trinajstić information content (AvgIpc) is 2.51. The highest BCUT2D eigenvalue weighted by Crippen LogP contribution is 2.20. The van der Waals surface area contributed by atoms with E-state index in [2.05, 4.69) is 10.3 Å². The number of aryl methyl sites for hydroxylation is 1. The topological polar surface area (TPSA) is 82.3 Å². The molecule has 1 atom stereocenters. The number of rotatable bonds is 4. The van der Waals surface area contributed by atoms with Gasteiger partial charge in [-0.25, -0.2) is 8.78 Å². The Hall–Kier alpha value is -2.25. The molecule has 0 aromatic carbocycles. The van der Waals surface area contributed by atoms with Crippen molar-refractivity contribution >= 4 is 11.8 Å². The van der Waals surface area contributed by atoms with Crippen molar-refractivity contribution in [3.05, 3.63) is 33.7 Å². The molecule has 0 aliphatic carbocycles. The van der Waals surface area contributed by atoms with E-state index in [1.54, 1.807) is 6.92 Å². The summed E-state index contributed by atoms with van der Waals surface area (Å²) < 4.78 is 24.5. The summed E-state index contributed by atoms with van der Waals surface area (Å²) in [5, 5.41) is 2.16. The Balaban J connectivity index is 2.18. The van der Waals surface area contributed by atoms with Crippen LogP contribution in [0, 0.1) is 6.92 Å². The molecule has 0 radical (unpaired) electrons. The van der Waals surface area contributed by atoms with Gasteiger partial charge in [-0.2, -0.15) is 0 Å².